The van der Waals surface area contributed by atoms with Gasteiger partial charge in [0.25, 0.3) is 0 Å². The van der Waals surface area contributed by atoms with Crippen LogP contribution in [0.25, 0.3) is 0 Å². The smallest absolute Gasteiger partial charge is 0.316 e. The van der Waals surface area contributed by atoms with Crippen molar-refractivity contribution in [3.8, 4) is 0 Å². The first kappa shape index (κ1) is 31.7. The van der Waals surface area contributed by atoms with E-state index in [-0.39, 0.29) is 30.1 Å². The molecule has 3 N–H and O–H groups in total. The summed E-state index contributed by atoms with van der Waals surface area (Å²) in [6, 6.07) is 0. The number of carbonyl (C=O) groups excluding carboxylic acids is 2. The quantitative estimate of drug-likeness (QED) is 0.290. The van der Waals surface area contributed by atoms with Gasteiger partial charge in [-0.3, -0.25) is 9.59 Å². The molecule has 0 aromatic heterocycles. The highest BCUT2D eigenvalue weighted by molar-refractivity contribution is 5.99. The van der Waals surface area contributed by atoms with Crippen LogP contribution in [0.3, 0.4) is 0 Å². The number of carbonyl (C=O) groups is 2. The van der Waals surface area contributed by atoms with Gasteiger partial charge in [0, 0.05) is 31.4 Å². The summed E-state index contributed by atoms with van der Waals surface area (Å²) in [7, 11) is 1.62. The summed E-state index contributed by atoms with van der Waals surface area (Å²) in [6.07, 6.45) is 0.247. The van der Waals surface area contributed by atoms with Crippen molar-refractivity contribution in [3.63, 3.8) is 0 Å². The molecule has 2 aliphatic rings. The van der Waals surface area contributed by atoms with Crippen molar-refractivity contribution in [1.82, 2.24) is 5.32 Å². The van der Waals surface area contributed by atoms with E-state index in [2.05, 4.69) is 10.5 Å². The predicted octanol–water partition coefficient (Wildman–Crippen LogP) is 3.10. The number of methoxy groups -OCH3 is 1. The number of ketones is 1. The van der Waals surface area contributed by atoms with Crippen molar-refractivity contribution in [1.29, 1.82) is 0 Å². The van der Waals surface area contributed by atoms with Gasteiger partial charge in [-0.2, -0.15) is 0 Å². The van der Waals surface area contributed by atoms with Gasteiger partial charge >= 0.3 is 5.97 Å². The molecule has 2 aliphatic heterocycles. The number of cyclic esters (lactones) is 1. The molecule has 2 rings (SSSR count). The molecule has 0 saturated carbocycles. The Bertz CT molecular complexity index is 810. The van der Waals surface area contributed by atoms with E-state index in [0.717, 1.165) is 19.4 Å². The van der Waals surface area contributed by atoms with Gasteiger partial charge in [0.05, 0.1) is 17.4 Å². The summed E-state index contributed by atoms with van der Waals surface area (Å²) in [5.74, 6) is -3.46. The molecule has 1 unspecified atom stereocenters. The van der Waals surface area contributed by atoms with E-state index in [1.165, 1.54) is 13.8 Å². The highest BCUT2D eigenvalue weighted by Gasteiger charge is 2.48. The van der Waals surface area contributed by atoms with E-state index in [0.29, 0.717) is 18.7 Å². The normalized spacial score (nSPS) is 44.2. The summed E-state index contributed by atoms with van der Waals surface area (Å²) >= 11 is 0. The maximum Gasteiger partial charge on any atom is 0.316 e. The largest absolute Gasteiger partial charge is 0.459 e. The summed E-state index contributed by atoms with van der Waals surface area (Å²) in [5, 5.41) is 30.8. The molecule has 2 heterocycles. The van der Waals surface area contributed by atoms with Crippen molar-refractivity contribution < 1.29 is 34.1 Å². The number of hydrogen-bond donors (Lipinski definition) is 3. The Morgan fingerprint density at radius 2 is 1.78 bits per heavy atom. The van der Waals surface area contributed by atoms with Crippen molar-refractivity contribution >= 4 is 17.5 Å². The van der Waals surface area contributed by atoms with Crippen LogP contribution in [0.1, 0.15) is 81.1 Å². The molecule has 9 heteroatoms. The molecule has 0 aromatic rings. The zero-order valence-corrected chi connectivity index (χ0v) is 24.2. The van der Waals surface area contributed by atoms with Gasteiger partial charge in [-0.1, -0.05) is 39.8 Å². The Kier molecular flexibility index (Phi) is 11.1. The molecule has 0 aromatic carbocycles. The second-order valence-electron chi connectivity index (χ2n) is 11.7. The van der Waals surface area contributed by atoms with E-state index in [9.17, 15) is 19.8 Å². The average Bonchev–Trinajstić information content (AvgIpc) is 2.88. The molecule has 37 heavy (non-hydrogen) atoms. The minimum Gasteiger partial charge on any atom is -0.459 e. The lowest BCUT2D eigenvalue weighted by Gasteiger charge is -2.43. The van der Waals surface area contributed by atoms with Gasteiger partial charge in [-0.25, -0.2) is 0 Å². The van der Waals surface area contributed by atoms with Crippen LogP contribution in [-0.2, 0) is 23.9 Å². The second-order valence-corrected chi connectivity index (χ2v) is 11.7. The first-order valence-corrected chi connectivity index (χ1v) is 13.8. The third-order valence-electron chi connectivity index (χ3n) is 9.00. The third-order valence-corrected chi connectivity index (χ3v) is 9.00. The molecule has 10 atom stereocenters. The molecule has 2 saturated heterocycles. The molecule has 214 valence electrons. The number of aliphatic hydroxyl groups excluding tert-OH is 1. The Morgan fingerprint density at radius 1 is 1.14 bits per heavy atom. The molecular formula is C28H50N2O7. The van der Waals surface area contributed by atoms with E-state index in [4.69, 9.17) is 14.3 Å². The molecule has 9 nitrogen and oxygen atoms in total. The summed E-state index contributed by atoms with van der Waals surface area (Å²) < 4.78 is 11.7. The summed E-state index contributed by atoms with van der Waals surface area (Å²) in [4.78, 5) is 32.3. The first-order chi connectivity index (χ1) is 17.2. The molecule has 2 fully saturated rings. The van der Waals surface area contributed by atoms with Crippen LogP contribution in [-0.4, -0.2) is 77.4 Å². The van der Waals surface area contributed by atoms with Gasteiger partial charge in [-0.15, -0.1) is 0 Å². The van der Waals surface area contributed by atoms with Crippen molar-refractivity contribution in [2.75, 3.05) is 20.2 Å². The highest BCUT2D eigenvalue weighted by Crippen LogP contribution is 2.38. The predicted molar refractivity (Wildman–Crippen MR) is 142 cm³/mol. The Hall–Kier alpha value is -1.55. The Labute approximate surface area is 222 Å². The summed E-state index contributed by atoms with van der Waals surface area (Å²) in [6.45, 7) is 16.0. The number of nitrogens with one attached hydrogen (secondary N) is 1. The first-order valence-electron chi connectivity index (χ1n) is 13.8. The number of nitrogens with zero attached hydrogens (tertiary/aromatic N) is 1. The lowest BCUT2D eigenvalue weighted by atomic mass is 9.71. The molecule has 0 spiro atoms. The zero-order chi connectivity index (χ0) is 28.1. The monoisotopic (exact) mass is 526 g/mol. The minimum atomic E-state index is -1.78. The number of piperidine rings is 1. The van der Waals surface area contributed by atoms with Crippen molar-refractivity contribution in [2.24, 2.45) is 34.7 Å². The standard InChI is InChI=1S/C28H50N2O7/c1-10-22-28(8,34)25(32)18(4)23(30-37-21-12-11-13-29-15-21)16(2)14-27(7,35-9)20(6)17(3)24(31)19(5)26(33)36-22/h16-22,25,29,32,34H,10-15H2,1-9H3/t16-,17-,18+,19-,20-,21?,22-,25-,27-,28-/m1/s1. The number of rotatable bonds is 4. The third kappa shape index (κ3) is 7.11. The fourth-order valence-electron chi connectivity index (χ4n) is 5.84. The zero-order valence-electron chi connectivity index (χ0n) is 24.2. The van der Waals surface area contributed by atoms with E-state index in [1.807, 2.05) is 27.7 Å². The number of esters is 1. The van der Waals surface area contributed by atoms with Crippen molar-refractivity contribution in [2.45, 2.75) is 111 Å². The fourth-order valence-corrected chi connectivity index (χ4v) is 5.84. The van der Waals surface area contributed by atoms with Gasteiger partial charge in [0.2, 0.25) is 0 Å². The Morgan fingerprint density at radius 3 is 2.32 bits per heavy atom. The van der Waals surface area contributed by atoms with Gasteiger partial charge in [-0.05, 0) is 58.9 Å². The van der Waals surface area contributed by atoms with Gasteiger partial charge in [0.1, 0.15) is 29.5 Å². The van der Waals surface area contributed by atoms with Crippen LogP contribution in [0, 0.1) is 29.6 Å². The lowest BCUT2D eigenvalue weighted by molar-refractivity contribution is -0.187. The van der Waals surface area contributed by atoms with Gasteiger partial charge in [0.15, 0.2) is 0 Å². The maximum atomic E-state index is 13.3. The van der Waals surface area contributed by atoms with Crippen LogP contribution >= 0.6 is 0 Å². The lowest BCUT2D eigenvalue weighted by Crippen LogP contribution is -2.56. The molecule has 0 radical (unpaired) electrons. The van der Waals surface area contributed by atoms with Crippen LogP contribution in [0.4, 0.5) is 0 Å². The number of Topliss-reactive ketones (excluding diaryl/α,β-unsaturated/α-hetero) is 1. The van der Waals surface area contributed by atoms with E-state index >= 15 is 0 Å². The summed E-state index contributed by atoms with van der Waals surface area (Å²) in [5.41, 5.74) is -1.92. The van der Waals surface area contributed by atoms with Crippen LogP contribution in [0.2, 0.25) is 0 Å². The highest BCUT2D eigenvalue weighted by atomic mass is 16.6. The second kappa shape index (κ2) is 13.0. The fraction of sp³-hybridized carbons (Fsp3) is 0.893. The van der Waals surface area contributed by atoms with Crippen LogP contribution < -0.4 is 5.32 Å². The van der Waals surface area contributed by atoms with Crippen LogP contribution in [0.15, 0.2) is 5.16 Å². The Balaban J connectivity index is 2.57. The SMILES string of the molecule is CC[C@H]1OC(=O)[C@H](C)C(=O)[C@H](C)[C@@H](C)[C@](C)(OC)C[C@@H](C)C(=NOC2CCCNC2)[C@H](C)[C@@H](O)[C@]1(C)O. The minimum absolute atomic E-state index is 0.0809. The number of oxime groups is 1. The number of hydrogen-bond acceptors (Lipinski definition) is 9. The van der Waals surface area contributed by atoms with Crippen molar-refractivity contribution in [3.05, 3.63) is 0 Å². The molecule has 0 aliphatic carbocycles. The van der Waals surface area contributed by atoms with E-state index < -0.39 is 47.1 Å². The van der Waals surface area contributed by atoms with E-state index in [1.54, 1.807) is 21.0 Å². The van der Waals surface area contributed by atoms with Crippen LogP contribution in [0.5, 0.6) is 0 Å². The topological polar surface area (TPSA) is 127 Å². The average molecular weight is 527 g/mol. The maximum absolute atomic E-state index is 13.3. The molecule has 0 amide bonds. The van der Waals surface area contributed by atoms with Gasteiger partial charge < -0.3 is 29.8 Å². The number of aliphatic hydroxyl groups is 2. The number of ether oxygens (including phenoxy) is 2. The molecular weight excluding hydrogens is 476 g/mol. The molecule has 0 bridgehead atoms.